The van der Waals surface area contributed by atoms with Gasteiger partial charge in [-0.05, 0) is 36.4 Å². The van der Waals surface area contributed by atoms with Crippen molar-refractivity contribution in [1.29, 1.82) is 0 Å². The van der Waals surface area contributed by atoms with E-state index in [1.165, 1.54) is 23.5 Å². The zero-order valence-electron chi connectivity index (χ0n) is 16.6. The molecule has 0 radical (unpaired) electrons. The molecule has 4 aromatic rings. The van der Waals surface area contributed by atoms with Gasteiger partial charge in [0.05, 0.1) is 17.0 Å². The zero-order chi connectivity index (χ0) is 22.1. The van der Waals surface area contributed by atoms with Crippen LogP contribution >= 0.6 is 11.3 Å². The third kappa shape index (κ3) is 4.25. The molecule has 0 aliphatic carbocycles. The molecule has 0 unspecified atom stereocenters. The third-order valence-electron chi connectivity index (χ3n) is 4.73. The highest BCUT2D eigenvalue weighted by Gasteiger charge is 2.19. The molecule has 1 amide bonds. The summed E-state index contributed by atoms with van der Waals surface area (Å²) in [6.07, 6.45) is 3.85. The van der Waals surface area contributed by atoms with E-state index in [1.54, 1.807) is 30.3 Å². The van der Waals surface area contributed by atoms with Gasteiger partial charge < -0.3 is 14.8 Å². The van der Waals surface area contributed by atoms with E-state index in [9.17, 15) is 13.2 Å². The number of amides is 1. The lowest BCUT2D eigenvalue weighted by molar-refractivity contribution is -0.115. The van der Waals surface area contributed by atoms with E-state index in [4.69, 9.17) is 9.47 Å². The average molecular weight is 471 g/mol. The number of thiazole rings is 1. The van der Waals surface area contributed by atoms with E-state index in [-0.39, 0.29) is 17.2 Å². The van der Waals surface area contributed by atoms with E-state index in [2.05, 4.69) is 15.0 Å². The van der Waals surface area contributed by atoms with Crippen molar-refractivity contribution in [3.05, 3.63) is 65.9 Å². The molecule has 2 aromatic carbocycles. The molecular weight excluding hydrogens is 452 g/mol. The van der Waals surface area contributed by atoms with Crippen molar-refractivity contribution >= 4 is 43.6 Å². The van der Waals surface area contributed by atoms with Crippen LogP contribution in [0.25, 0.3) is 4.96 Å². The summed E-state index contributed by atoms with van der Waals surface area (Å²) in [5, 5.41) is 4.72. The Hall–Kier alpha value is -3.57. The van der Waals surface area contributed by atoms with Crippen LogP contribution in [0.1, 0.15) is 5.69 Å². The highest BCUT2D eigenvalue weighted by molar-refractivity contribution is 7.92. The second kappa shape index (κ2) is 8.17. The van der Waals surface area contributed by atoms with Gasteiger partial charge in [0.15, 0.2) is 16.5 Å². The second-order valence-corrected chi connectivity index (χ2v) is 9.59. The van der Waals surface area contributed by atoms with Crippen LogP contribution in [0.15, 0.2) is 65.1 Å². The maximum Gasteiger partial charge on any atom is 0.262 e. The van der Waals surface area contributed by atoms with Gasteiger partial charge in [0, 0.05) is 35.2 Å². The first kappa shape index (κ1) is 20.3. The van der Waals surface area contributed by atoms with Crippen LogP contribution in [0.2, 0.25) is 0 Å². The van der Waals surface area contributed by atoms with Gasteiger partial charge in [0.25, 0.3) is 10.0 Å². The first-order chi connectivity index (χ1) is 15.5. The van der Waals surface area contributed by atoms with Crippen LogP contribution in [-0.4, -0.2) is 36.9 Å². The van der Waals surface area contributed by atoms with Gasteiger partial charge in [0.1, 0.15) is 13.2 Å². The quantitative estimate of drug-likeness (QED) is 0.448. The molecule has 0 bridgehead atoms. The molecule has 0 saturated heterocycles. The first-order valence-corrected chi connectivity index (χ1v) is 12.1. The Kier molecular flexibility index (Phi) is 5.19. The Morgan fingerprint density at radius 3 is 2.59 bits per heavy atom. The van der Waals surface area contributed by atoms with Crippen molar-refractivity contribution in [2.45, 2.75) is 11.3 Å². The minimum atomic E-state index is -3.81. The number of carbonyl (C=O) groups is 1. The Morgan fingerprint density at radius 1 is 1.06 bits per heavy atom. The summed E-state index contributed by atoms with van der Waals surface area (Å²) in [4.78, 5) is 17.6. The number of fused-ring (bicyclic) bond motifs is 2. The molecule has 1 aliphatic heterocycles. The second-order valence-electron chi connectivity index (χ2n) is 7.04. The van der Waals surface area contributed by atoms with E-state index < -0.39 is 10.0 Å². The Bertz CT molecular complexity index is 1360. The van der Waals surface area contributed by atoms with E-state index in [0.29, 0.717) is 41.8 Å². The predicted octanol–water partition coefficient (Wildman–Crippen LogP) is 3.15. The topological polar surface area (TPSA) is 111 Å². The summed E-state index contributed by atoms with van der Waals surface area (Å²) in [7, 11) is -3.81. The van der Waals surface area contributed by atoms with Crippen molar-refractivity contribution in [2.75, 3.05) is 23.3 Å². The molecule has 164 valence electrons. The normalized spacial score (nSPS) is 13.1. The smallest absolute Gasteiger partial charge is 0.262 e. The largest absolute Gasteiger partial charge is 0.486 e. The van der Waals surface area contributed by atoms with E-state index in [0.717, 1.165) is 4.96 Å². The van der Waals surface area contributed by atoms with Crippen LogP contribution < -0.4 is 19.5 Å². The number of aromatic nitrogens is 2. The molecule has 32 heavy (non-hydrogen) atoms. The van der Waals surface area contributed by atoms with Gasteiger partial charge in [-0.1, -0.05) is 0 Å². The lowest BCUT2D eigenvalue weighted by Gasteiger charge is -2.19. The number of hydrogen-bond donors (Lipinski definition) is 2. The van der Waals surface area contributed by atoms with Gasteiger partial charge in [0.2, 0.25) is 5.91 Å². The highest BCUT2D eigenvalue weighted by Crippen LogP contribution is 2.32. The van der Waals surface area contributed by atoms with Crippen LogP contribution in [-0.2, 0) is 21.2 Å². The molecular formula is C21H18N4O5S2. The minimum Gasteiger partial charge on any atom is -0.486 e. The number of hydrogen-bond acceptors (Lipinski definition) is 7. The molecule has 2 N–H and O–H groups in total. The van der Waals surface area contributed by atoms with Crippen LogP contribution in [0.3, 0.4) is 0 Å². The SMILES string of the molecule is O=C(Cc1cn2ccsc2n1)Nc1ccc(NS(=O)(=O)c2ccc3c(c2)OCCO3)cc1. The summed E-state index contributed by atoms with van der Waals surface area (Å²) in [6, 6.07) is 10.9. The maximum absolute atomic E-state index is 12.7. The summed E-state index contributed by atoms with van der Waals surface area (Å²) in [5.74, 6) is 0.709. The van der Waals surface area contributed by atoms with E-state index >= 15 is 0 Å². The summed E-state index contributed by atoms with van der Waals surface area (Å²) in [5.41, 5.74) is 1.60. The standard InChI is InChI=1S/C21H18N4O5S2/c26-20(11-16-13-25-7-10-31-21(25)23-16)22-14-1-3-15(4-2-14)24-32(27,28)17-5-6-18-19(12-17)30-9-8-29-18/h1-7,10,12-13,24H,8-9,11H2,(H,22,26). The number of benzene rings is 2. The van der Waals surface area contributed by atoms with Crippen molar-refractivity contribution in [3.63, 3.8) is 0 Å². The van der Waals surface area contributed by atoms with Crippen LogP contribution in [0, 0.1) is 0 Å². The van der Waals surface area contributed by atoms with Crippen molar-refractivity contribution in [3.8, 4) is 11.5 Å². The van der Waals surface area contributed by atoms with Crippen molar-refractivity contribution in [1.82, 2.24) is 9.38 Å². The number of rotatable bonds is 6. The first-order valence-electron chi connectivity index (χ1n) is 9.70. The summed E-state index contributed by atoms with van der Waals surface area (Å²) in [6.45, 7) is 0.803. The zero-order valence-corrected chi connectivity index (χ0v) is 18.3. The van der Waals surface area contributed by atoms with Crippen LogP contribution in [0.4, 0.5) is 11.4 Å². The molecule has 3 heterocycles. The number of carbonyl (C=O) groups excluding carboxylic acids is 1. The average Bonchev–Trinajstić information content (AvgIpc) is 3.36. The fourth-order valence-electron chi connectivity index (χ4n) is 3.26. The molecule has 5 rings (SSSR count). The lowest BCUT2D eigenvalue weighted by atomic mass is 10.2. The van der Waals surface area contributed by atoms with Crippen molar-refractivity contribution in [2.24, 2.45) is 0 Å². The molecule has 2 aromatic heterocycles. The molecule has 0 spiro atoms. The molecule has 0 fully saturated rings. The lowest BCUT2D eigenvalue weighted by Crippen LogP contribution is -2.17. The number of anilines is 2. The number of sulfonamides is 1. The van der Waals surface area contributed by atoms with Crippen LogP contribution in [0.5, 0.6) is 11.5 Å². The summed E-state index contributed by atoms with van der Waals surface area (Å²) >= 11 is 1.50. The van der Waals surface area contributed by atoms with Gasteiger partial charge in [-0.3, -0.25) is 13.9 Å². The minimum absolute atomic E-state index is 0.0686. The highest BCUT2D eigenvalue weighted by atomic mass is 32.2. The van der Waals surface area contributed by atoms with Gasteiger partial charge in [-0.15, -0.1) is 11.3 Å². The van der Waals surface area contributed by atoms with Crippen molar-refractivity contribution < 1.29 is 22.7 Å². The number of ether oxygens (including phenoxy) is 2. The predicted molar refractivity (Wildman–Crippen MR) is 120 cm³/mol. The molecule has 1 aliphatic rings. The van der Waals surface area contributed by atoms with Gasteiger partial charge in [-0.2, -0.15) is 0 Å². The third-order valence-corrected chi connectivity index (χ3v) is 6.88. The van der Waals surface area contributed by atoms with Gasteiger partial charge in [-0.25, -0.2) is 13.4 Å². The molecule has 0 atom stereocenters. The fourth-order valence-corrected chi connectivity index (χ4v) is 5.05. The summed E-state index contributed by atoms with van der Waals surface area (Å²) < 4.78 is 40.7. The number of nitrogens with one attached hydrogen (secondary N) is 2. The maximum atomic E-state index is 12.7. The monoisotopic (exact) mass is 470 g/mol. The Morgan fingerprint density at radius 2 is 1.81 bits per heavy atom. The Balaban J connectivity index is 1.23. The molecule has 11 heteroatoms. The Labute approximate surface area is 187 Å². The molecule has 9 nitrogen and oxygen atoms in total. The fraction of sp³-hybridized carbons (Fsp3) is 0.143. The van der Waals surface area contributed by atoms with E-state index in [1.807, 2.05) is 22.2 Å². The van der Waals surface area contributed by atoms with Gasteiger partial charge >= 0.3 is 0 Å². The molecule has 0 saturated carbocycles. The number of imidazole rings is 1. The number of nitrogens with zero attached hydrogens (tertiary/aromatic N) is 2.